The highest BCUT2D eigenvalue weighted by Gasteiger charge is 2.04. The highest BCUT2D eigenvalue weighted by molar-refractivity contribution is 5.93. The highest BCUT2D eigenvalue weighted by Crippen LogP contribution is 2.21. The van der Waals surface area contributed by atoms with Crippen LogP contribution in [-0.2, 0) is 4.79 Å². The van der Waals surface area contributed by atoms with Crippen LogP contribution in [0.4, 0.5) is 5.82 Å². The van der Waals surface area contributed by atoms with E-state index < -0.39 is 5.97 Å². The van der Waals surface area contributed by atoms with Gasteiger partial charge in [0, 0.05) is 11.1 Å². The summed E-state index contributed by atoms with van der Waals surface area (Å²) in [4.78, 5) is 14.8. The molecule has 1 heterocycles. The van der Waals surface area contributed by atoms with E-state index in [4.69, 9.17) is 5.11 Å². The van der Waals surface area contributed by atoms with E-state index in [1.807, 2.05) is 37.3 Å². The fraction of sp³-hybridized carbons (Fsp3) is 0.167. The van der Waals surface area contributed by atoms with E-state index in [2.05, 4.69) is 10.3 Å². The second-order valence-corrected chi connectivity index (χ2v) is 3.58. The molecule has 1 aromatic heterocycles. The third-order valence-electron chi connectivity index (χ3n) is 2.28. The van der Waals surface area contributed by atoms with Crippen LogP contribution in [0.5, 0.6) is 0 Å². The smallest absolute Gasteiger partial charge is 0.322 e. The van der Waals surface area contributed by atoms with E-state index in [0.29, 0.717) is 5.82 Å². The molecule has 1 aromatic carbocycles. The lowest BCUT2D eigenvalue weighted by Crippen LogP contribution is -2.13. The zero-order valence-corrected chi connectivity index (χ0v) is 8.90. The Bertz CT molecular complexity index is 538. The van der Waals surface area contributed by atoms with Gasteiger partial charge in [-0.3, -0.25) is 4.79 Å². The van der Waals surface area contributed by atoms with Crippen LogP contribution >= 0.6 is 0 Å². The third-order valence-corrected chi connectivity index (χ3v) is 2.28. The van der Waals surface area contributed by atoms with Crippen molar-refractivity contribution in [3.8, 4) is 0 Å². The summed E-state index contributed by atoms with van der Waals surface area (Å²) in [5.74, 6) is -0.273. The van der Waals surface area contributed by atoms with Gasteiger partial charge in [0.05, 0.1) is 0 Å². The van der Waals surface area contributed by atoms with Crippen molar-refractivity contribution >= 4 is 22.6 Å². The summed E-state index contributed by atoms with van der Waals surface area (Å²) in [7, 11) is 0. The number of hydrogen-bond donors (Lipinski definition) is 2. The number of carbonyl (C=O) groups is 1. The molecule has 4 heteroatoms. The standard InChI is InChI=1S/C12H12N2O2/c1-8-6-9-4-2-3-5-10(9)12(14-8)13-7-11(15)16/h2-6H,7H2,1H3,(H,13,14)(H,15,16). The maximum atomic E-state index is 10.5. The van der Waals surface area contributed by atoms with E-state index in [0.717, 1.165) is 16.5 Å². The normalized spacial score (nSPS) is 10.3. The average Bonchev–Trinajstić information content (AvgIpc) is 2.25. The molecule has 2 N–H and O–H groups in total. The molecule has 0 radical (unpaired) electrons. The van der Waals surface area contributed by atoms with Gasteiger partial charge >= 0.3 is 5.97 Å². The minimum Gasteiger partial charge on any atom is -0.480 e. The van der Waals surface area contributed by atoms with Crippen LogP contribution in [0.2, 0.25) is 0 Å². The molecule has 16 heavy (non-hydrogen) atoms. The molecule has 0 amide bonds. The maximum Gasteiger partial charge on any atom is 0.322 e. The van der Waals surface area contributed by atoms with Crippen molar-refractivity contribution in [1.82, 2.24) is 4.98 Å². The molecule has 0 atom stereocenters. The van der Waals surface area contributed by atoms with Crippen molar-refractivity contribution in [2.45, 2.75) is 6.92 Å². The van der Waals surface area contributed by atoms with Crippen LogP contribution < -0.4 is 5.32 Å². The Labute approximate surface area is 92.9 Å². The summed E-state index contributed by atoms with van der Waals surface area (Å²) < 4.78 is 0. The number of nitrogens with one attached hydrogen (secondary N) is 1. The van der Waals surface area contributed by atoms with Crippen molar-refractivity contribution in [1.29, 1.82) is 0 Å². The summed E-state index contributed by atoms with van der Waals surface area (Å²) in [6.45, 7) is 1.76. The van der Waals surface area contributed by atoms with E-state index in [-0.39, 0.29) is 6.54 Å². The number of rotatable bonds is 3. The predicted molar refractivity (Wildman–Crippen MR) is 62.6 cm³/mol. The summed E-state index contributed by atoms with van der Waals surface area (Å²) in [6.07, 6.45) is 0. The molecule has 2 aromatic rings. The van der Waals surface area contributed by atoms with Gasteiger partial charge in [0.25, 0.3) is 0 Å². The van der Waals surface area contributed by atoms with Gasteiger partial charge in [0.1, 0.15) is 12.4 Å². The number of fused-ring (bicyclic) bond motifs is 1. The average molecular weight is 216 g/mol. The van der Waals surface area contributed by atoms with Crippen LogP contribution in [0.3, 0.4) is 0 Å². The van der Waals surface area contributed by atoms with Crippen molar-refractivity contribution in [2.75, 3.05) is 11.9 Å². The lowest BCUT2D eigenvalue weighted by Gasteiger charge is -2.08. The third kappa shape index (κ3) is 2.11. The van der Waals surface area contributed by atoms with E-state index in [1.165, 1.54) is 0 Å². The Morgan fingerprint density at radius 3 is 2.94 bits per heavy atom. The Kier molecular flexibility index (Phi) is 2.72. The second-order valence-electron chi connectivity index (χ2n) is 3.58. The highest BCUT2D eigenvalue weighted by atomic mass is 16.4. The number of aromatic nitrogens is 1. The van der Waals surface area contributed by atoms with E-state index >= 15 is 0 Å². The molecule has 4 nitrogen and oxygen atoms in total. The lowest BCUT2D eigenvalue weighted by molar-refractivity contribution is -0.134. The first-order chi connectivity index (χ1) is 7.66. The molecule has 0 unspecified atom stereocenters. The van der Waals surface area contributed by atoms with Crippen molar-refractivity contribution in [3.05, 3.63) is 36.0 Å². The molecular formula is C12H12N2O2. The number of aryl methyl sites for hydroxylation is 1. The van der Waals surface area contributed by atoms with Gasteiger partial charge in [0.2, 0.25) is 0 Å². The molecule has 2 rings (SSSR count). The molecule has 0 saturated heterocycles. The second kappa shape index (κ2) is 4.18. The number of hydrogen-bond acceptors (Lipinski definition) is 3. The fourth-order valence-corrected chi connectivity index (χ4v) is 1.63. The number of pyridine rings is 1. The Morgan fingerprint density at radius 2 is 2.19 bits per heavy atom. The molecule has 0 aliphatic rings. The molecular weight excluding hydrogens is 204 g/mol. The van der Waals surface area contributed by atoms with Gasteiger partial charge in [-0.15, -0.1) is 0 Å². The minimum atomic E-state index is -0.896. The van der Waals surface area contributed by atoms with Gasteiger partial charge in [0.15, 0.2) is 0 Å². The van der Waals surface area contributed by atoms with Crippen LogP contribution in [0.25, 0.3) is 10.8 Å². The predicted octanol–water partition coefficient (Wildman–Crippen LogP) is 2.04. The van der Waals surface area contributed by atoms with E-state index in [9.17, 15) is 4.79 Å². The zero-order chi connectivity index (χ0) is 11.5. The van der Waals surface area contributed by atoms with Gasteiger partial charge in [-0.05, 0) is 18.4 Å². The number of carboxylic acid groups (broad SMARTS) is 1. The fourth-order valence-electron chi connectivity index (χ4n) is 1.63. The quantitative estimate of drug-likeness (QED) is 0.824. The first-order valence-electron chi connectivity index (χ1n) is 4.99. The van der Waals surface area contributed by atoms with Crippen molar-refractivity contribution < 1.29 is 9.90 Å². The molecule has 0 aliphatic heterocycles. The van der Waals surface area contributed by atoms with Crippen LogP contribution in [0.15, 0.2) is 30.3 Å². The summed E-state index contributed by atoms with van der Waals surface area (Å²) in [5.41, 5.74) is 0.867. The summed E-state index contributed by atoms with van der Waals surface area (Å²) in [6, 6.07) is 9.73. The van der Waals surface area contributed by atoms with Gasteiger partial charge < -0.3 is 10.4 Å². The van der Waals surface area contributed by atoms with Gasteiger partial charge in [-0.2, -0.15) is 0 Å². The molecule has 0 aliphatic carbocycles. The van der Waals surface area contributed by atoms with Crippen LogP contribution in [0.1, 0.15) is 5.69 Å². The molecule has 0 saturated carbocycles. The monoisotopic (exact) mass is 216 g/mol. The Morgan fingerprint density at radius 1 is 1.44 bits per heavy atom. The Balaban J connectivity index is 2.46. The first kappa shape index (κ1) is 10.4. The number of carboxylic acids is 1. The number of nitrogens with zero attached hydrogens (tertiary/aromatic N) is 1. The molecule has 0 fully saturated rings. The van der Waals surface area contributed by atoms with Crippen LogP contribution in [-0.4, -0.2) is 22.6 Å². The molecule has 82 valence electrons. The van der Waals surface area contributed by atoms with E-state index in [1.54, 1.807) is 0 Å². The maximum absolute atomic E-state index is 10.5. The zero-order valence-electron chi connectivity index (χ0n) is 8.90. The number of aliphatic carboxylic acids is 1. The lowest BCUT2D eigenvalue weighted by atomic mass is 10.1. The molecule has 0 spiro atoms. The molecule has 0 bridgehead atoms. The number of benzene rings is 1. The summed E-state index contributed by atoms with van der Waals surface area (Å²) >= 11 is 0. The van der Waals surface area contributed by atoms with Gasteiger partial charge in [-0.1, -0.05) is 24.3 Å². The topological polar surface area (TPSA) is 62.2 Å². The summed E-state index contributed by atoms with van der Waals surface area (Å²) in [5, 5.41) is 13.4. The first-order valence-corrected chi connectivity index (χ1v) is 4.99. The largest absolute Gasteiger partial charge is 0.480 e. The Hall–Kier alpha value is -2.10. The number of anilines is 1. The minimum absolute atomic E-state index is 0.125. The SMILES string of the molecule is Cc1cc2ccccc2c(NCC(=O)O)n1. The van der Waals surface area contributed by atoms with Crippen molar-refractivity contribution in [3.63, 3.8) is 0 Å². The van der Waals surface area contributed by atoms with Gasteiger partial charge in [-0.25, -0.2) is 4.98 Å². The van der Waals surface area contributed by atoms with Crippen molar-refractivity contribution in [2.24, 2.45) is 0 Å². The van der Waals surface area contributed by atoms with Crippen LogP contribution in [0, 0.1) is 6.92 Å².